The van der Waals surface area contributed by atoms with Gasteiger partial charge in [-0.15, -0.1) is 0 Å². The molecule has 0 aliphatic carbocycles. The summed E-state index contributed by atoms with van der Waals surface area (Å²) in [5.41, 5.74) is 0.990. The van der Waals surface area contributed by atoms with Crippen LogP contribution < -0.4 is 0 Å². The third-order valence-electron chi connectivity index (χ3n) is 3.97. The lowest BCUT2D eigenvalue weighted by Crippen LogP contribution is -2.31. The van der Waals surface area contributed by atoms with Crippen LogP contribution in [0, 0.1) is 11.3 Å². The highest BCUT2D eigenvalue weighted by atomic mass is 79.9. The summed E-state index contributed by atoms with van der Waals surface area (Å²) in [5.74, 6) is 0.741. The summed E-state index contributed by atoms with van der Waals surface area (Å²) in [7, 11) is 0. The summed E-state index contributed by atoms with van der Waals surface area (Å²) in [6, 6.07) is 10.2. The van der Waals surface area contributed by atoms with E-state index in [-0.39, 0.29) is 11.3 Å². The van der Waals surface area contributed by atoms with Gasteiger partial charge in [0.25, 0.3) is 0 Å². The quantitative estimate of drug-likeness (QED) is 0.706. The van der Waals surface area contributed by atoms with Crippen molar-refractivity contribution >= 4 is 21.8 Å². The minimum absolute atomic E-state index is 0.220. The van der Waals surface area contributed by atoms with E-state index in [1.807, 2.05) is 23.1 Å². The van der Waals surface area contributed by atoms with Crippen molar-refractivity contribution in [1.29, 1.82) is 0 Å². The van der Waals surface area contributed by atoms with Gasteiger partial charge in [-0.25, -0.2) is 0 Å². The van der Waals surface area contributed by atoms with E-state index in [0.29, 0.717) is 5.92 Å². The first kappa shape index (κ1) is 18.2. The molecule has 1 aliphatic heterocycles. The Morgan fingerprint density at radius 3 is 2.33 bits per heavy atom. The van der Waals surface area contributed by atoms with Gasteiger partial charge in [-0.05, 0) is 17.9 Å². The minimum Gasteiger partial charge on any atom is -0.338 e. The van der Waals surface area contributed by atoms with Gasteiger partial charge in [-0.1, -0.05) is 80.4 Å². The average Bonchev–Trinajstić information content (AvgIpc) is 2.66. The molecule has 1 heterocycles. The maximum absolute atomic E-state index is 12.4. The Labute approximate surface area is 138 Å². The number of carbonyl (C=O) groups is 1. The molecule has 21 heavy (non-hydrogen) atoms. The number of alkyl halides is 1. The summed E-state index contributed by atoms with van der Waals surface area (Å²) in [6.07, 6.45) is 2.31. The fraction of sp³-hybridized carbons (Fsp3) is 0.611. The first-order chi connectivity index (χ1) is 9.97. The molecule has 2 rings (SSSR count). The Hall–Kier alpha value is -0.830. The number of hydrogen-bond donors (Lipinski definition) is 0. The van der Waals surface area contributed by atoms with E-state index < -0.39 is 0 Å². The normalized spacial score (nSPS) is 20.1. The number of benzene rings is 1. The Balaban J connectivity index is 0.000000677. The van der Waals surface area contributed by atoms with Gasteiger partial charge in [-0.2, -0.15) is 0 Å². The molecule has 0 saturated carbocycles. The minimum atomic E-state index is -0.220. The topological polar surface area (TPSA) is 20.3 Å². The third kappa shape index (κ3) is 4.84. The van der Waals surface area contributed by atoms with Gasteiger partial charge in [0.05, 0.1) is 0 Å². The number of rotatable bonds is 4. The number of amides is 1. The molecule has 0 N–H and O–H groups in total. The second-order valence-electron chi connectivity index (χ2n) is 6.27. The van der Waals surface area contributed by atoms with Gasteiger partial charge < -0.3 is 4.90 Å². The number of halogens is 1. The SMILES string of the molecule is CC1(C)C(=O)N(Cc2ccccc2)CC1CCBr.CCC. The largest absolute Gasteiger partial charge is 0.338 e. The van der Waals surface area contributed by atoms with E-state index in [1.165, 1.54) is 12.0 Å². The molecule has 1 saturated heterocycles. The monoisotopic (exact) mass is 353 g/mol. The highest BCUT2D eigenvalue weighted by Gasteiger charge is 2.46. The van der Waals surface area contributed by atoms with Gasteiger partial charge in [0.2, 0.25) is 5.91 Å². The highest BCUT2D eigenvalue weighted by Crippen LogP contribution is 2.39. The molecule has 1 atom stereocenters. The summed E-state index contributed by atoms with van der Waals surface area (Å²) in [5, 5.41) is 0.966. The van der Waals surface area contributed by atoms with E-state index in [1.54, 1.807) is 0 Å². The maximum atomic E-state index is 12.4. The van der Waals surface area contributed by atoms with Gasteiger partial charge in [0.1, 0.15) is 0 Å². The lowest BCUT2D eigenvalue weighted by Gasteiger charge is -2.22. The van der Waals surface area contributed by atoms with Gasteiger partial charge in [-0.3, -0.25) is 4.79 Å². The molecule has 1 aliphatic rings. The second kappa shape index (κ2) is 8.57. The number of likely N-dealkylation sites (tertiary alicyclic amines) is 1. The van der Waals surface area contributed by atoms with Crippen LogP contribution in [-0.4, -0.2) is 22.7 Å². The highest BCUT2D eigenvalue weighted by molar-refractivity contribution is 9.09. The van der Waals surface area contributed by atoms with Crippen molar-refractivity contribution in [2.45, 2.75) is 47.1 Å². The van der Waals surface area contributed by atoms with Crippen LogP contribution in [0.2, 0.25) is 0 Å². The molecular weight excluding hydrogens is 326 g/mol. The predicted molar refractivity (Wildman–Crippen MR) is 93.5 cm³/mol. The van der Waals surface area contributed by atoms with Crippen molar-refractivity contribution < 1.29 is 4.79 Å². The first-order valence-corrected chi connectivity index (χ1v) is 8.98. The van der Waals surface area contributed by atoms with Gasteiger partial charge >= 0.3 is 0 Å². The molecular formula is C18H28BrNO. The summed E-state index contributed by atoms with van der Waals surface area (Å²) in [4.78, 5) is 14.4. The molecule has 118 valence electrons. The molecule has 1 unspecified atom stereocenters. The van der Waals surface area contributed by atoms with Crippen molar-refractivity contribution in [3.05, 3.63) is 35.9 Å². The van der Waals surface area contributed by atoms with Gasteiger partial charge in [0, 0.05) is 23.8 Å². The zero-order valence-corrected chi connectivity index (χ0v) is 15.3. The van der Waals surface area contributed by atoms with Crippen LogP contribution >= 0.6 is 15.9 Å². The van der Waals surface area contributed by atoms with E-state index in [4.69, 9.17) is 0 Å². The lowest BCUT2D eigenvalue weighted by molar-refractivity contribution is -0.135. The fourth-order valence-electron chi connectivity index (χ4n) is 2.68. The molecule has 2 nitrogen and oxygen atoms in total. The van der Waals surface area contributed by atoms with E-state index in [0.717, 1.165) is 24.8 Å². The first-order valence-electron chi connectivity index (χ1n) is 7.86. The molecule has 0 aromatic heterocycles. The van der Waals surface area contributed by atoms with Crippen molar-refractivity contribution in [3.8, 4) is 0 Å². The summed E-state index contributed by atoms with van der Waals surface area (Å²) in [6.45, 7) is 10.0. The average molecular weight is 354 g/mol. The number of carbonyl (C=O) groups excluding carboxylic acids is 1. The fourth-order valence-corrected chi connectivity index (χ4v) is 3.24. The van der Waals surface area contributed by atoms with E-state index >= 15 is 0 Å². The van der Waals surface area contributed by atoms with Crippen LogP contribution in [0.5, 0.6) is 0 Å². The van der Waals surface area contributed by atoms with Crippen molar-refractivity contribution in [2.24, 2.45) is 11.3 Å². The summed E-state index contributed by atoms with van der Waals surface area (Å²) >= 11 is 3.49. The van der Waals surface area contributed by atoms with Crippen LogP contribution in [-0.2, 0) is 11.3 Å². The molecule has 1 aromatic rings. The van der Waals surface area contributed by atoms with Crippen LogP contribution in [0.4, 0.5) is 0 Å². The smallest absolute Gasteiger partial charge is 0.228 e. The Bertz CT molecular complexity index is 430. The molecule has 3 heteroatoms. The molecule has 1 aromatic carbocycles. The van der Waals surface area contributed by atoms with E-state index in [9.17, 15) is 4.79 Å². The van der Waals surface area contributed by atoms with Crippen molar-refractivity contribution in [3.63, 3.8) is 0 Å². The lowest BCUT2D eigenvalue weighted by atomic mass is 9.80. The Morgan fingerprint density at radius 1 is 1.24 bits per heavy atom. The number of nitrogens with zero attached hydrogens (tertiary/aromatic N) is 1. The Morgan fingerprint density at radius 2 is 1.81 bits per heavy atom. The maximum Gasteiger partial charge on any atom is 0.228 e. The zero-order chi connectivity index (χ0) is 15.9. The second-order valence-corrected chi connectivity index (χ2v) is 7.07. The Kier molecular flexibility index (Phi) is 7.44. The molecule has 0 spiro atoms. The predicted octanol–water partition coefficient (Wildman–Crippen LogP) is 4.87. The van der Waals surface area contributed by atoms with Gasteiger partial charge in [0.15, 0.2) is 0 Å². The summed E-state index contributed by atoms with van der Waals surface area (Å²) < 4.78 is 0. The van der Waals surface area contributed by atoms with Crippen LogP contribution in [0.25, 0.3) is 0 Å². The number of hydrogen-bond acceptors (Lipinski definition) is 1. The van der Waals surface area contributed by atoms with E-state index in [2.05, 4.69) is 55.8 Å². The molecule has 1 fully saturated rings. The third-order valence-corrected chi connectivity index (χ3v) is 4.43. The molecule has 0 radical (unpaired) electrons. The zero-order valence-electron chi connectivity index (χ0n) is 13.7. The van der Waals surface area contributed by atoms with Crippen molar-refractivity contribution in [1.82, 2.24) is 4.90 Å². The molecule has 1 amide bonds. The van der Waals surface area contributed by atoms with Crippen LogP contribution in [0.15, 0.2) is 30.3 Å². The van der Waals surface area contributed by atoms with Crippen LogP contribution in [0.3, 0.4) is 0 Å². The van der Waals surface area contributed by atoms with Crippen molar-refractivity contribution in [2.75, 3.05) is 11.9 Å². The molecule has 0 bridgehead atoms. The standard InChI is InChI=1S/C15H20BrNO.C3H8/c1-15(2)13(8-9-16)11-17(14(15)18)10-12-6-4-3-5-7-12;1-3-2/h3-7,13H,8-11H2,1-2H3;3H2,1-2H3. The van der Waals surface area contributed by atoms with Crippen LogP contribution in [0.1, 0.15) is 46.1 Å².